The van der Waals surface area contributed by atoms with Crippen LogP contribution < -0.4 is 22.9 Å². The van der Waals surface area contributed by atoms with Gasteiger partial charge in [-0.15, -0.1) is 0 Å². The normalized spacial score (nSPS) is 22.5. The lowest BCUT2D eigenvalue weighted by Crippen LogP contribution is -2.62. The van der Waals surface area contributed by atoms with Crippen LogP contribution >= 0.6 is 0 Å². The molecule has 0 bridgehead atoms. The first-order chi connectivity index (χ1) is 11.3. The molecule has 7 heteroatoms. The third-order valence-corrected chi connectivity index (χ3v) is 4.74. The molecule has 0 spiro atoms. The topological polar surface area (TPSA) is 131 Å². The Morgan fingerprint density at radius 2 is 1.92 bits per heavy atom. The Balaban J connectivity index is 2.33. The van der Waals surface area contributed by atoms with Gasteiger partial charge in [0.1, 0.15) is 11.6 Å². The molecule has 1 heterocycles. The van der Waals surface area contributed by atoms with E-state index in [0.29, 0.717) is 30.0 Å². The molecule has 0 radical (unpaired) electrons. The second-order valence-electron chi connectivity index (χ2n) is 6.50. The number of nitrogens with two attached hydrogens (primary N) is 4. The summed E-state index contributed by atoms with van der Waals surface area (Å²) in [6, 6.07) is 6.89. The predicted octanol–water partition coefficient (Wildman–Crippen LogP) is -0.257. The zero-order chi connectivity index (χ0) is 17.9. The summed E-state index contributed by atoms with van der Waals surface area (Å²) in [6.07, 6.45) is 1.71. The average molecular weight is 332 g/mol. The Labute approximate surface area is 143 Å². The van der Waals surface area contributed by atoms with Crippen LogP contribution in [0.5, 0.6) is 5.75 Å². The number of benzene rings is 1. The Bertz CT molecular complexity index is 652. The fraction of sp³-hybridized carbons (Fsp3) is 0.412. The molecule has 0 aromatic heterocycles. The third-order valence-electron chi connectivity index (χ3n) is 4.74. The molecule has 1 atom stereocenters. The standard InChI is InChI=1S/C17H28N6O/c1-17(10-18)11-23(8-7-22(17)2)14(16(20)21)9-13(19)12-5-3-4-6-15(12)24/h3-6,9,24H,7-8,10-11,18-21H2,1-2H3/b13-9-. The highest BCUT2D eigenvalue weighted by atomic mass is 16.3. The van der Waals surface area contributed by atoms with Crippen LogP contribution in [-0.2, 0) is 0 Å². The highest BCUT2D eigenvalue weighted by Crippen LogP contribution is 2.26. The van der Waals surface area contributed by atoms with Crippen LogP contribution in [0.15, 0.2) is 41.9 Å². The van der Waals surface area contributed by atoms with Gasteiger partial charge in [-0.25, -0.2) is 0 Å². The van der Waals surface area contributed by atoms with Crippen molar-refractivity contribution in [2.75, 3.05) is 33.2 Å². The maximum atomic E-state index is 9.96. The van der Waals surface area contributed by atoms with E-state index >= 15 is 0 Å². The van der Waals surface area contributed by atoms with E-state index in [-0.39, 0.29) is 17.1 Å². The fourth-order valence-corrected chi connectivity index (χ4v) is 2.88. The van der Waals surface area contributed by atoms with Crippen molar-refractivity contribution < 1.29 is 5.11 Å². The summed E-state index contributed by atoms with van der Waals surface area (Å²) >= 11 is 0. The minimum absolute atomic E-state index is 0.117. The van der Waals surface area contributed by atoms with Gasteiger partial charge < -0.3 is 32.9 Å². The number of aromatic hydroxyl groups is 1. The van der Waals surface area contributed by atoms with Crippen LogP contribution in [0, 0.1) is 0 Å². The number of nitrogens with zero attached hydrogens (tertiary/aromatic N) is 2. The summed E-state index contributed by atoms with van der Waals surface area (Å²) in [5, 5.41) is 9.96. The predicted molar refractivity (Wildman–Crippen MR) is 97.3 cm³/mol. The summed E-state index contributed by atoms with van der Waals surface area (Å²) in [7, 11) is 2.06. The lowest BCUT2D eigenvalue weighted by atomic mass is 9.96. The fourth-order valence-electron chi connectivity index (χ4n) is 2.88. The van der Waals surface area contributed by atoms with E-state index in [4.69, 9.17) is 22.9 Å². The SMILES string of the molecule is CN1CCN(C(/C=C(\N)c2ccccc2O)=C(N)N)CC1(C)CN. The van der Waals surface area contributed by atoms with Crippen molar-refractivity contribution in [3.8, 4) is 5.75 Å². The van der Waals surface area contributed by atoms with Crippen LogP contribution in [0.2, 0.25) is 0 Å². The Morgan fingerprint density at radius 1 is 1.25 bits per heavy atom. The average Bonchev–Trinajstić information content (AvgIpc) is 2.55. The molecule has 1 unspecified atom stereocenters. The van der Waals surface area contributed by atoms with Crippen LogP contribution in [0.1, 0.15) is 12.5 Å². The number of rotatable bonds is 4. The van der Waals surface area contributed by atoms with Crippen molar-refractivity contribution in [3.63, 3.8) is 0 Å². The van der Waals surface area contributed by atoms with Gasteiger partial charge in [0.05, 0.1) is 5.70 Å². The largest absolute Gasteiger partial charge is 0.507 e. The van der Waals surface area contributed by atoms with Crippen molar-refractivity contribution in [2.24, 2.45) is 22.9 Å². The molecule has 1 fully saturated rings. The Hall–Kier alpha value is -2.38. The van der Waals surface area contributed by atoms with Gasteiger partial charge in [0.25, 0.3) is 0 Å². The molecular weight excluding hydrogens is 304 g/mol. The number of allylic oxidation sites excluding steroid dienone is 1. The van der Waals surface area contributed by atoms with E-state index in [0.717, 1.165) is 13.1 Å². The number of likely N-dealkylation sites (N-methyl/N-ethyl adjacent to an activating group) is 1. The first-order valence-corrected chi connectivity index (χ1v) is 7.95. The molecule has 7 nitrogen and oxygen atoms in total. The Kier molecular flexibility index (Phi) is 5.26. The molecule has 0 aliphatic carbocycles. The van der Waals surface area contributed by atoms with E-state index in [1.807, 2.05) is 6.07 Å². The lowest BCUT2D eigenvalue weighted by Gasteiger charge is -2.48. The van der Waals surface area contributed by atoms with Gasteiger partial charge in [0.2, 0.25) is 0 Å². The van der Waals surface area contributed by atoms with Crippen LogP contribution in [0.3, 0.4) is 0 Å². The second kappa shape index (κ2) is 7.02. The van der Waals surface area contributed by atoms with Crippen molar-refractivity contribution >= 4 is 5.70 Å². The van der Waals surface area contributed by atoms with E-state index in [1.165, 1.54) is 0 Å². The number of phenolic OH excluding ortho intramolecular Hbond substituents is 1. The highest BCUT2D eigenvalue weighted by molar-refractivity contribution is 5.69. The summed E-state index contributed by atoms with van der Waals surface area (Å²) in [5.41, 5.74) is 25.4. The van der Waals surface area contributed by atoms with Crippen LogP contribution in [-0.4, -0.2) is 53.7 Å². The van der Waals surface area contributed by atoms with Gasteiger partial charge in [0.15, 0.2) is 0 Å². The van der Waals surface area contributed by atoms with Gasteiger partial charge in [-0.2, -0.15) is 0 Å². The maximum Gasteiger partial charge on any atom is 0.124 e. The molecular formula is C17H28N6O. The summed E-state index contributed by atoms with van der Waals surface area (Å²) in [5.74, 6) is 0.309. The molecule has 9 N–H and O–H groups in total. The van der Waals surface area contributed by atoms with Crippen molar-refractivity contribution in [1.82, 2.24) is 9.80 Å². The van der Waals surface area contributed by atoms with E-state index < -0.39 is 0 Å². The number of para-hydroxylation sites is 1. The molecule has 1 aromatic rings. The molecule has 1 aliphatic heterocycles. The van der Waals surface area contributed by atoms with Crippen molar-refractivity contribution in [1.29, 1.82) is 0 Å². The molecule has 1 saturated heterocycles. The van der Waals surface area contributed by atoms with Crippen molar-refractivity contribution in [2.45, 2.75) is 12.5 Å². The summed E-state index contributed by atoms with van der Waals surface area (Å²) < 4.78 is 0. The molecule has 1 aromatic carbocycles. The molecule has 0 saturated carbocycles. The van der Waals surface area contributed by atoms with Gasteiger partial charge in [0, 0.05) is 43.0 Å². The zero-order valence-electron chi connectivity index (χ0n) is 14.4. The molecule has 132 valence electrons. The molecule has 2 rings (SSSR count). The highest BCUT2D eigenvalue weighted by Gasteiger charge is 2.35. The van der Waals surface area contributed by atoms with E-state index in [9.17, 15) is 5.11 Å². The smallest absolute Gasteiger partial charge is 0.124 e. The number of piperazine rings is 1. The molecule has 1 aliphatic rings. The first-order valence-electron chi connectivity index (χ1n) is 7.95. The molecule has 24 heavy (non-hydrogen) atoms. The van der Waals surface area contributed by atoms with Crippen LogP contribution in [0.4, 0.5) is 0 Å². The van der Waals surface area contributed by atoms with E-state index in [2.05, 4.69) is 23.8 Å². The van der Waals surface area contributed by atoms with Gasteiger partial charge in [-0.1, -0.05) is 12.1 Å². The maximum absolute atomic E-state index is 9.96. The zero-order valence-corrected chi connectivity index (χ0v) is 14.4. The number of hydrogen-bond acceptors (Lipinski definition) is 7. The third kappa shape index (κ3) is 3.58. The summed E-state index contributed by atoms with van der Waals surface area (Å²) in [4.78, 5) is 4.33. The van der Waals surface area contributed by atoms with Gasteiger partial charge >= 0.3 is 0 Å². The minimum Gasteiger partial charge on any atom is -0.507 e. The van der Waals surface area contributed by atoms with Crippen molar-refractivity contribution in [3.05, 3.63) is 47.4 Å². The summed E-state index contributed by atoms with van der Waals surface area (Å²) in [6.45, 7) is 4.94. The number of phenols is 1. The van der Waals surface area contributed by atoms with Gasteiger partial charge in [-0.05, 0) is 32.2 Å². The van der Waals surface area contributed by atoms with E-state index in [1.54, 1.807) is 24.3 Å². The first kappa shape index (κ1) is 18.0. The van der Waals surface area contributed by atoms with Crippen LogP contribution in [0.25, 0.3) is 5.70 Å². The monoisotopic (exact) mass is 332 g/mol. The Morgan fingerprint density at radius 3 is 2.50 bits per heavy atom. The van der Waals surface area contributed by atoms with Gasteiger partial charge in [-0.3, -0.25) is 4.90 Å². The molecule has 0 amide bonds. The minimum atomic E-state index is -0.170. The quantitative estimate of drug-likeness (QED) is 0.480. The second-order valence-corrected chi connectivity index (χ2v) is 6.50. The lowest BCUT2D eigenvalue weighted by molar-refractivity contribution is 0.0517. The number of hydrogen-bond donors (Lipinski definition) is 5.